The van der Waals surface area contributed by atoms with E-state index < -0.39 is 11.6 Å². The Morgan fingerprint density at radius 2 is 1.86 bits per heavy atom. The van der Waals surface area contributed by atoms with E-state index in [1.54, 1.807) is 6.07 Å². The van der Waals surface area contributed by atoms with E-state index in [2.05, 4.69) is 5.10 Å². The van der Waals surface area contributed by atoms with E-state index in [1.165, 1.54) is 16.8 Å². The summed E-state index contributed by atoms with van der Waals surface area (Å²) in [6, 6.07) is 12.7. The second-order valence-electron chi connectivity index (χ2n) is 4.83. The van der Waals surface area contributed by atoms with Gasteiger partial charge in [-0.25, -0.2) is 13.5 Å². The van der Waals surface area contributed by atoms with Crippen LogP contribution in [0.3, 0.4) is 0 Å². The smallest absolute Gasteiger partial charge is 0.151 e. The first-order valence-electron chi connectivity index (χ1n) is 6.42. The van der Waals surface area contributed by atoms with Crippen molar-refractivity contribution in [3.05, 3.63) is 65.7 Å². The zero-order valence-corrected chi connectivity index (χ0v) is 11.3. The van der Waals surface area contributed by atoms with Crippen molar-refractivity contribution in [3.63, 3.8) is 0 Å². The quantitative estimate of drug-likeness (QED) is 0.780. The number of nitrogens with two attached hydrogens (primary N) is 1. The first-order valence-corrected chi connectivity index (χ1v) is 6.42. The third-order valence-corrected chi connectivity index (χ3v) is 3.19. The van der Waals surface area contributed by atoms with Crippen LogP contribution in [0.4, 0.5) is 14.6 Å². The lowest BCUT2D eigenvalue weighted by molar-refractivity contribution is 0.574. The van der Waals surface area contributed by atoms with Crippen molar-refractivity contribution in [1.29, 1.82) is 0 Å². The molecule has 2 aromatic carbocycles. The molecule has 0 aliphatic carbocycles. The van der Waals surface area contributed by atoms with Crippen molar-refractivity contribution in [1.82, 2.24) is 9.78 Å². The molecule has 0 aliphatic rings. The maximum atomic E-state index is 13.8. The summed E-state index contributed by atoms with van der Waals surface area (Å²) >= 11 is 0. The van der Waals surface area contributed by atoms with E-state index in [4.69, 9.17) is 5.73 Å². The van der Waals surface area contributed by atoms with Crippen molar-refractivity contribution in [2.24, 2.45) is 0 Å². The monoisotopic (exact) mass is 285 g/mol. The third-order valence-electron chi connectivity index (χ3n) is 3.19. The van der Waals surface area contributed by atoms with Crippen molar-refractivity contribution >= 4 is 5.82 Å². The van der Waals surface area contributed by atoms with Crippen LogP contribution >= 0.6 is 0 Å². The lowest BCUT2D eigenvalue weighted by Crippen LogP contribution is -2.04. The molecule has 0 spiro atoms. The molecule has 106 valence electrons. The van der Waals surface area contributed by atoms with Crippen LogP contribution in [0.5, 0.6) is 0 Å². The summed E-state index contributed by atoms with van der Waals surface area (Å²) in [5, 5.41) is 4.31. The number of anilines is 1. The highest BCUT2D eigenvalue weighted by Crippen LogP contribution is 2.25. The Kier molecular flexibility index (Phi) is 3.17. The SMILES string of the molecule is Cc1cccc(-c2cc(N)n(-c3ccc(F)cc3F)n2)c1. The number of hydrogen-bond donors (Lipinski definition) is 1. The molecular formula is C16H13F2N3. The van der Waals surface area contributed by atoms with Crippen molar-refractivity contribution in [2.75, 3.05) is 5.73 Å². The number of aromatic nitrogens is 2. The highest BCUT2D eigenvalue weighted by atomic mass is 19.1. The van der Waals surface area contributed by atoms with Crippen LogP contribution < -0.4 is 5.73 Å². The van der Waals surface area contributed by atoms with E-state index in [0.29, 0.717) is 5.69 Å². The first-order chi connectivity index (χ1) is 10.0. The molecule has 0 atom stereocenters. The number of aryl methyl sites for hydroxylation is 1. The Hall–Kier alpha value is -2.69. The van der Waals surface area contributed by atoms with Gasteiger partial charge in [-0.3, -0.25) is 0 Å². The molecule has 3 rings (SSSR count). The molecule has 21 heavy (non-hydrogen) atoms. The van der Waals surface area contributed by atoms with Gasteiger partial charge >= 0.3 is 0 Å². The summed E-state index contributed by atoms with van der Waals surface area (Å²) in [4.78, 5) is 0. The van der Waals surface area contributed by atoms with Gasteiger partial charge in [0, 0.05) is 17.7 Å². The van der Waals surface area contributed by atoms with E-state index >= 15 is 0 Å². The van der Waals surface area contributed by atoms with Gasteiger partial charge in [0.1, 0.15) is 17.3 Å². The fourth-order valence-electron chi connectivity index (χ4n) is 2.19. The van der Waals surface area contributed by atoms with E-state index in [0.717, 1.165) is 17.2 Å². The third kappa shape index (κ3) is 2.50. The number of benzene rings is 2. The van der Waals surface area contributed by atoms with Crippen LogP contribution in [0.15, 0.2) is 48.5 Å². The highest BCUT2D eigenvalue weighted by molar-refractivity contribution is 5.64. The summed E-state index contributed by atoms with van der Waals surface area (Å²) in [7, 11) is 0. The minimum Gasteiger partial charge on any atom is -0.384 e. The molecule has 3 nitrogen and oxygen atoms in total. The summed E-state index contributed by atoms with van der Waals surface area (Å²) in [6.45, 7) is 1.98. The summed E-state index contributed by atoms with van der Waals surface area (Å²) < 4.78 is 28.1. The largest absolute Gasteiger partial charge is 0.384 e. The maximum Gasteiger partial charge on any atom is 0.151 e. The number of hydrogen-bond acceptors (Lipinski definition) is 2. The van der Waals surface area contributed by atoms with Crippen molar-refractivity contribution < 1.29 is 8.78 Å². The van der Waals surface area contributed by atoms with Gasteiger partial charge in [-0.1, -0.05) is 23.8 Å². The van der Waals surface area contributed by atoms with E-state index in [9.17, 15) is 8.78 Å². The molecule has 1 aromatic heterocycles. The van der Waals surface area contributed by atoms with Gasteiger partial charge in [-0.15, -0.1) is 0 Å². The lowest BCUT2D eigenvalue weighted by atomic mass is 10.1. The van der Waals surface area contributed by atoms with Gasteiger partial charge in [0.25, 0.3) is 0 Å². The predicted molar refractivity (Wildman–Crippen MR) is 78.1 cm³/mol. The average Bonchev–Trinajstić information content (AvgIpc) is 2.81. The molecule has 0 radical (unpaired) electrons. The predicted octanol–water partition coefficient (Wildman–Crippen LogP) is 3.71. The molecule has 0 bridgehead atoms. The Balaban J connectivity index is 2.10. The molecule has 5 heteroatoms. The van der Waals surface area contributed by atoms with Crippen molar-refractivity contribution in [2.45, 2.75) is 6.92 Å². The normalized spacial score (nSPS) is 10.8. The molecular weight excluding hydrogens is 272 g/mol. The van der Waals surface area contributed by atoms with E-state index in [-0.39, 0.29) is 11.5 Å². The summed E-state index contributed by atoms with van der Waals surface area (Å²) in [6.07, 6.45) is 0. The second kappa shape index (κ2) is 5.01. The van der Waals surface area contributed by atoms with Crippen LogP contribution in [0, 0.1) is 18.6 Å². The standard InChI is InChI=1S/C16H13F2N3/c1-10-3-2-4-11(7-10)14-9-16(19)21(20-14)15-6-5-12(17)8-13(15)18/h2-9H,19H2,1H3. The molecule has 0 saturated carbocycles. The number of rotatable bonds is 2. The zero-order chi connectivity index (χ0) is 15.0. The van der Waals surface area contributed by atoms with Gasteiger partial charge in [-0.05, 0) is 25.1 Å². The Morgan fingerprint density at radius 1 is 1.05 bits per heavy atom. The van der Waals surface area contributed by atoms with Gasteiger partial charge in [-0.2, -0.15) is 5.10 Å². The topological polar surface area (TPSA) is 43.8 Å². The fourth-order valence-corrected chi connectivity index (χ4v) is 2.19. The molecule has 0 saturated heterocycles. The molecule has 0 aliphatic heterocycles. The minimum atomic E-state index is -0.708. The van der Waals surface area contributed by atoms with Gasteiger partial charge in [0.05, 0.1) is 5.69 Å². The molecule has 2 N–H and O–H groups in total. The lowest BCUT2D eigenvalue weighted by Gasteiger charge is -2.05. The molecule has 3 aromatic rings. The summed E-state index contributed by atoms with van der Waals surface area (Å²) in [5.41, 5.74) is 8.64. The summed E-state index contributed by atoms with van der Waals surface area (Å²) in [5.74, 6) is -1.06. The van der Waals surface area contributed by atoms with Crippen molar-refractivity contribution in [3.8, 4) is 16.9 Å². The Morgan fingerprint density at radius 3 is 2.57 bits per heavy atom. The molecule has 1 heterocycles. The number of halogens is 2. The number of nitrogen functional groups attached to an aromatic ring is 1. The molecule has 0 fully saturated rings. The Labute approximate surface area is 120 Å². The zero-order valence-electron chi connectivity index (χ0n) is 11.3. The highest BCUT2D eigenvalue weighted by Gasteiger charge is 2.13. The van der Waals surface area contributed by atoms with Crippen LogP contribution in [-0.4, -0.2) is 9.78 Å². The van der Waals surface area contributed by atoms with Crippen LogP contribution in [0.1, 0.15) is 5.56 Å². The van der Waals surface area contributed by atoms with Gasteiger partial charge < -0.3 is 5.73 Å². The second-order valence-corrected chi connectivity index (χ2v) is 4.83. The number of nitrogens with zero attached hydrogens (tertiary/aromatic N) is 2. The van der Waals surface area contributed by atoms with Gasteiger partial charge in [0.2, 0.25) is 0 Å². The van der Waals surface area contributed by atoms with Crippen LogP contribution in [0.2, 0.25) is 0 Å². The van der Waals surface area contributed by atoms with E-state index in [1.807, 2.05) is 31.2 Å². The Bertz CT molecular complexity index is 809. The van der Waals surface area contributed by atoms with Crippen LogP contribution in [-0.2, 0) is 0 Å². The molecule has 0 unspecified atom stereocenters. The molecule has 0 amide bonds. The maximum absolute atomic E-state index is 13.8. The van der Waals surface area contributed by atoms with Gasteiger partial charge in [0.15, 0.2) is 5.82 Å². The first kappa shape index (κ1) is 13.3. The fraction of sp³-hybridized carbons (Fsp3) is 0.0625. The minimum absolute atomic E-state index is 0.118. The average molecular weight is 285 g/mol. The van der Waals surface area contributed by atoms with Crippen LogP contribution in [0.25, 0.3) is 16.9 Å².